The van der Waals surface area contributed by atoms with Gasteiger partial charge in [0.15, 0.2) is 5.78 Å². The van der Waals surface area contributed by atoms with Crippen LogP contribution >= 0.6 is 0 Å². The number of ketones is 1. The molecule has 1 heterocycles. The molecule has 0 spiro atoms. The van der Waals surface area contributed by atoms with Crippen LogP contribution in [0.25, 0.3) is 0 Å². The fourth-order valence-corrected chi connectivity index (χ4v) is 2.53. The monoisotopic (exact) mass is 249 g/mol. The first kappa shape index (κ1) is 13.2. The number of nitrogens with zero attached hydrogens (tertiary/aromatic N) is 1. The SMILES string of the molecule is CC1CCCCN1CC(=O)Cc1ccccc1F. The highest BCUT2D eigenvalue weighted by atomic mass is 19.1. The number of carbonyl (C=O) groups excluding carboxylic acids is 1. The molecule has 0 amide bonds. The summed E-state index contributed by atoms with van der Waals surface area (Å²) in [5.74, 6) is -0.175. The number of benzene rings is 1. The summed E-state index contributed by atoms with van der Waals surface area (Å²) in [5, 5.41) is 0. The van der Waals surface area contributed by atoms with Gasteiger partial charge >= 0.3 is 0 Å². The smallest absolute Gasteiger partial charge is 0.151 e. The van der Waals surface area contributed by atoms with Crippen LogP contribution < -0.4 is 0 Å². The first-order valence-corrected chi connectivity index (χ1v) is 6.66. The fourth-order valence-electron chi connectivity index (χ4n) is 2.53. The summed E-state index contributed by atoms with van der Waals surface area (Å²) in [6.45, 7) is 3.61. The second-order valence-corrected chi connectivity index (χ2v) is 5.12. The Morgan fingerprint density at radius 3 is 2.89 bits per heavy atom. The molecule has 1 atom stereocenters. The minimum atomic E-state index is -0.280. The van der Waals surface area contributed by atoms with Crippen LogP contribution in [0.5, 0.6) is 0 Å². The summed E-state index contributed by atoms with van der Waals surface area (Å²) < 4.78 is 13.4. The molecule has 0 bridgehead atoms. The molecule has 1 fully saturated rings. The van der Waals surface area contributed by atoms with Gasteiger partial charge in [-0.3, -0.25) is 9.69 Å². The summed E-state index contributed by atoms with van der Waals surface area (Å²) in [6.07, 6.45) is 3.78. The van der Waals surface area contributed by atoms with Crippen LogP contribution in [0.15, 0.2) is 24.3 Å². The largest absolute Gasteiger partial charge is 0.298 e. The molecule has 2 rings (SSSR count). The van der Waals surface area contributed by atoms with Crippen molar-refractivity contribution in [2.24, 2.45) is 0 Å². The molecule has 1 saturated heterocycles. The minimum Gasteiger partial charge on any atom is -0.298 e. The molecule has 0 aromatic heterocycles. The van der Waals surface area contributed by atoms with Gasteiger partial charge in [-0.25, -0.2) is 4.39 Å². The maximum absolute atomic E-state index is 13.4. The highest BCUT2D eigenvalue weighted by Crippen LogP contribution is 2.16. The molecule has 0 radical (unpaired) electrons. The zero-order valence-corrected chi connectivity index (χ0v) is 10.9. The quantitative estimate of drug-likeness (QED) is 0.818. The average molecular weight is 249 g/mol. The van der Waals surface area contributed by atoms with Crippen molar-refractivity contribution in [3.05, 3.63) is 35.6 Å². The van der Waals surface area contributed by atoms with E-state index in [1.165, 1.54) is 12.5 Å². The van der Waals surface area contributed by atoms with Crippen molar-refractivity contribution in [3.8, 4) is 0 Å². The van der Waals surface area contributed by atoms with Gasteiger partial charge in [-0.1, -0.05) is 24.6 Å². The van der Waals surface area contributed by atoms with Crippen LogP contribution in [0.1, 0.15) is 31.7 Å². The van der Waals surface area contributed by atoms with Crippen molar-refractivity contribution >= 4 is 5.78 Å². The van der Waals surface area contributed by atoms with Gasteiger partial charge in [0, 0.05) is 12.5 Å². The van der Waals surface area contributed by atoms with Gasteiger partial charge in [-0.15, -0.1) is 0 Å². The molecule has 1 aliphatic heterocycles. The lowest BCUT2D eigenvalue weighted by molar-refractivity contribution is -0.120. The minimum absolute atomic E-state index is 0.105. The Balaban J connectivity index is 1.90. The van der Waals surface area contributed by atoms with E-state index in [0.29, 0.717) is 18.2 Å². The predicted octanol–water partition coefficient (Wildman–Crippen LogP) is 2.81. The predicted molar refractivity (Wildman–Crippen MR) is 70.0 cm³/mol. The molecule has 0 saturated carbocycles. The summed E-state index contributed by atoms with van der Waals surface area (Å²) in [6, 6.07) is 6.99. The van der Waals surface area contributed by atoms with E-state index in [1.54, 1.807) is 18.2 Å². The third kappa shape index (κ3) is 3.39. The second kappa shape index (κ2) is 6.10. The van der Waals surface area contributed by atoms with Crippen LogP contribution in [0.2, 0.25) is 0 Å². The highest BCUT2D eigenvalue weighted by molar-refractivity contribution is 5.82. The summed E-state index contributed by atoms with van der Waals surface area (Å²) in [5.41, 5.74) is 0.507. The first-order chi connectivity index (χ1) is 8.66. The topological polar surface area (TPSA) is 20.3 Å². The second-order valence-electron chi connectivity index (χ2n) is 5.12. The molecule has 1 aromatic rings. The Labute approximate surface area is 108 Å². The van der Waals surface area contributed by atoms with E-state index < -0.39 is 0 Å². The molecular weight excluding hydrogens is 229 g/mol. The zero-order valence-electron chi connectivity index (χ0n) is 10.9. The average Bonchev–Trinajstić information content (AvgIpc) is 2.35. The van der Waals surface area contributed by atoms with Crippen molar-refractivity contribution in [1.82, 2.24) is 4.90 Å². The number of hydrogen-bond donors (Lipinski definition) is 0. The third-order valence-electron chi connectivity index (χ3n) is 3.67. The zero-order chi connectivity index (χ0) is 13.0. The summed E-state index contributed by atoms with van der Waals surface area (Å²) in [4.78, 5) is 14.2. The maximum Gasteiger partial charge on any atom is 0.151 e. The molecule has 0 N–H and O–H groups in total. The van der Waals surface area contributed by atoms with Gasteiger partial charge in [0.1, 0.15) is 5.82 Å². The van der Waals surface area contributed by atoms with Gasteiger partial charge in [-0.05, 0) is 37.9 Å². The van der Waals surface area contributed by atoms with E-state index in [2.05, 4.69) is 11.8 Å². The van der Waals surface area contributed by atoms with E-state index in [9.17, 15) is 9.18 Å². The number of Topliss-reactive ketones (excluding diaryl/α,β-unsaturated/α-hetero) is 1. The van der Waals surface area contributed by atoms with Crippen LogP contribution in [0.4, 0.5) is 4.39 Å². The molecule has 1 aromatic carbocycles. The molecule has 18 heavy (non-hydrogen) atoms. The lowest BCUT2D eigenvalue weighted by Crippen LogP contribution is -2.41. The van der Waals surface area contributed by atoms with Crippen molar-refractivity contribution in [2.75, 3.05) is 13.1 Å². The Morgan fingerprint density at radius 1 is 1.39 bits per heavy atom. The molecule has 98 valence electrons. The number of rotatable bonds is 4. The summed E-state index contributed by atoms with van der Waals surface area (Å²) >= 11 is 0. The lowest BCUT2D eigenvalue weighted by Gasteiger charge is -2.32. The van der Waals surface area contributed by atoms with E-state index in [1.807, 2.05) is 0 Å². The molecule has 0 aliphatic carbocycles. The summed E-state index contributed by atoms with van der Waals surface area (Å²) in [7, 11) is 0. The Bertz CT molecular complexity index is 419. The molecule has 2 nitrogen and oxygen atoms in total. The Morgan fingerprint density at radius 2 is 2.17 bits per heavy atom. The number of carbonyl (C=O) groups is 1. The van der Waals surface area contributed by atoms with Crippen molar-refractivity contribution in [3.63, 3.8) is 0 Å². The number of hydrogen-bond acceptors (Lipinski definition) is 2. The fraction of sp³-hybridized carbons (Fsp3) is 0.533. The number of halogens is 1. The van der Waals surface area contributed by atoms with Crippen LogP contribution in [-0.2, 0) is 11.2 Å². The van der Waals surface area contributed by atoms with Gasteiger partial charge < -0.3 is 0 Å². The number of likely N-dealkylation sites (tertiary alicyclic amines) is 1. The van der Waals surface area contributed by atoms with Crippen LogP contribution in [-0.4, -0.2) is 29.8 Å². The first-order valence-electron chi connectivity index (χ1n) is 6.66. The Kier molecular flexibility index (Phi) is 4.48. The van der Waals surface area contributed by atoms with Crippen molar-refractivity contribution in [1.29, 1.82) is 0 Å². The van der Waals surface area contributed by atoms with Gasteiger partial charge in [0.2, 0.25) is 0 Å². The van der Waals surface area contributed by atoms with E-state index >= 15 is 0 Å². The van der Waals surface area contributed by atoms with Gasteiger partial charge in [0.05, 0.1) is 6.54 Å². The van der Waals surface area contributed by atoms with Gasteiger partial charge in [0.25, 0.3) is 0 Å². The van der Waals surface area contributed by atoms with E-state index in [-0.39, 0.29) is 18.0 Å². The molecular formula is C15H20FNO. The van der Waals surface area contributed by atoms with Gasteiger partial charge in [-0.2, -0.15) is 0 Å². The maximum atomic E-state index is 13.4. The lowest BCUT2D eigenvalue weighted by atomic mass is 10.0. The standard InChI is InChI=1S/C15H20FNO/c1-12-6-4-5-9-17(12)11-14(18)10-13-7-2-3-8-15(13)16/h2-3,7-8,12H,4-6,9-11H2,1H3. The molecule has 3 heteroatoms. The molecule has 1 unspecified atom stereocenters. The van der Waals surface area contributed by atoms with Crippen molar-refractivity contribution in [2.45, 2.75) is 38.6 Å². The van der Waals surface area contributed by atoms with Crippen LogP contribution in [0, 0.1) is 5.82 Å². The van der Waals surface area contributed by atoms with E-state index in [0.717, 1.165) is 19.4 Å². The highest BCUT2D eigenvalue weighted by Gasteiger charge is 2.20. The van der Waals surface area contributed by atoms with Crippen molar-refractivity contribution < 1.29 is 9.18 Å². The Hall–Kier alpha value is -1.22. The van der Waals surface area contributed by atoms with E-state index in [4.69, 9.17) is 0 Å². The van der Waals surface area contributed by atoms with Crippen LogP contribution in [0.3, 0.4) is 0 Å². The number of piperidine rings is 1. The normalized spacial score (nSPS) is 20.9. The third-order valence-corrected chi connectivity index (χ3v) is 3.67. The molecule has 1 aliphatic rings.